The van der Waals surface area contributed by atoms with Gasteiger partial charge in [0.15, 0.2) is 11.7 Å². The largest absolute Gasteiger partial charge is 0.468 e. The number of esters is 1. The van der Waals surface area contributed by atoms with Crippen molar-refractivity contribution in [3.8, 4) is 6.07 Å². The third kappa shape index (κ3) is 3.19. The average Bonchev–Trinajstić information content (AvgIpc) is 3.13. The Morgan fingerprint density at radius 1 is 1.29 bits per heavy atom. The minimum atomic E-state index is -1.13. The minimum absolute atomic E-state index is 0.277. The molecule has 0 fully saturated rings. The standard InChI is InChI=1S/C17H14N4O2S/c1-23-17(22)12(9-18)15-16(19-10-11-5-4-8-24-11)21-14-7-3-2-6-13(14)20-15/h2-8,12H,10H2,1H3,(H,19,21). The molecule has 1 aromatic carbocycles. The Kier molecular flexibility index (Phi) is 4.68. The van der Waals surface area contributed by atoms with Gasteiger partial charge in [0.1, 0.15) is 5.69 Å². The molecule has 0 radical (unpaired) electrons. The van der Waals surface area contributed by atoms with E-state index in [2.05, 4.69) is 15.3 Å². The van der Waals surface area contributed by atoms with E-state index in [4.69, 9.17) is 4.74 Å². The number of hydrogen-bond donors (Lipinski definition) is 1. The Morgan fingerprint density at radius 2 is 2.04 bits per heavy atom. The number of thiophene rings is 1. The number of benzene rings is 1. The summed E-state index contributed by atoms with van der Waals surface area (Å²) in [6.07, 6.45) is 0. The number of hydrogen-bond acceptors (Lipinski definition) is 7. The molecular weight excluding hydrogens is 324 g/mol. The van der Waals surface area contributed by atoms with Crippen molar-refractivity contribution < 1.29 is 9.53 Å². The summed E-state index contributed by atoms with van der Waals surface area (Å²) >= 11 is 1.61. The monoisotopic (exact) mass is 338 g/mol. The number of para-hydroxylation sites is 2. The molecule has 2 aromatic heterocycles. The highest BCUT2D eigenvalue weighted by molar-refractivity contribution is 7.09. The maximum Gasteiger partial charge on any atom is 0.329 e. The van der Waals surface area contributed by atoms with Crippen molar-refractivity contribution >= 4 is 34.2 Å². The first-order valence-electron chi connectivity index (χ1n) is 7.23. The molecule has 0 amide bonds. The van der Waals surface area contributed by atoms with E-state index in [-0.39, 0.29) is 5.69 Å². The van der Waals surface area contributed by atoms with Gasteiger partial charge >= 0.3 is 5.97 Å². The third-order valence-electron chi connectivity index (χ3n) is 3.45. The number of methoxy groups -OCH3 is 1. The second kappa shape index (κ2) is 7.06. The molecular formula is C17H14N4O2S. The lowest BCUT2D eigenvalue weighted by atomic mass is 10.1. The van der Waals surface area contributed by atoms with E-state index < -0.39 is 11.9 Å². The fourth-order valence-corrected chi connectivity index (χ4v) is 2.92. The molecule has 3 aromatic rings. The summed E-state index contributed by atoms with van der Waals surface area (Å²) in [4.78, 5) is 22.0. The lowest BCUT2D eigenvalue weighted by molar-refractivity contribution is -0.141. The van der Waals surface area contributed by atoms with Crippen LogP contribution in [0.4, 0.5) is 5.82 Å². The zero-order valence-corrected chi connectivity index (χ0v) is 13.7. The summed E-state index contributed by atoms with van der Waals surface area (Å²) in [6.45, 7) is 0.539. The second-order valence-electron chi connectivity index (χ2n) is 4.96. The molecule has 120 valence electrons. The van der Waals surface area contributed by atoms with Gasteiger partial charge < -0.3 is 10.1 Å². The molecule has 0 saturated carbocycles. The van der Waals surface area contributed by atoms with Gasteiger partial charge in [-0.25, -0.2) is 9.97 Å². The van der Waals surface area contributed by atoms with E-state index in [1.807, 2.05) is 41.8 Å². The van der Waals surface area contributed by atoms with Gasteiger partial charge in [0.2, 0.25) is 0 Å². The number of carbonyl (C=O) groups excluding carboxylic acids is 1. The van der Waals surface area contributed by atoms with Crippen LogP contribution in [0, 0.1) is 11.3 Å². The van der Waals surface area contributed by atoms with Crippen molar-refractivity contribution in [3.63, 3.8) is 0 Å². The molecule has 2 heterocycles. The van der Waals surface area contributed by atoms with E-state index in [1.165, 1.54) is 7.11 Å². The summed E-state index contributed by atoms with van der Waals surface area (Å²) in [5.74, 6) is -1.36. The summed E-state index contributed by atoms with van der Waals surface area (Å²) in [6, 6.07) is 13.2. The van der Waals surface area contributed by atoms with Crippen molar-refractivity contribution in [2.45, 2.75) is 12.5 Å². The van der Waals surface area contributed by atoms with Crippen LogP contribution in [0.3, 0.4) is 0 Å². The molecule has 0 aliphatic carbocycles. The fourth-order valence-electron chi connectivity index (χ4n) is 2.27. The minimum Gasteiger partial charge on any atom is -0.468 e. The predicted octanol–water partition coefficient (Wildman–Crippen LogP) is 3.08. The number of nitrogens with zero attached hydrogens (tertiary/aromatic N) is 3. The van der Waals surface area contributed by atoms with Gasteiger partial charge in [0, 0.05) is 4.88 Å². The maximum atomic E-state index is 11.9. The topological polar surface area (TPSA) is 87.9 Å². The van der Waals surface area contributed by atoms with Crippen LogP contribution in [-0.2, 0) is 16.1 Å². The van der Waals surface area contributed by atoms with Gasteiger partial charge in [-0.3, -0.25) is 4.79 Å². The van der Waals surface area contributed by atoms with Crippen LogP contribution in [0.15, 0.2) is 41.8 Å². The first kappa shape index (κ1) is 15.9. The zero-order valence-electron chi connectivity index (χ0n) is 12.9. The van der Waals surface area contributed by atoms with Crippen molar-refractivity contribution in [2.24, 2.45) is 0 Å². The lowest BCUT2D eigenvalue weighted by Gasteiger charge is -2.13. The van der Waals surface area contributed by atoms with Crippen LogP contribution in [-0.4, -0.2) is 23.0 Å². The fraction of sp³-hybridized carbons (Fsp3) is 0.176. The van der Waals surface area contributed by atoms with Crippen molar-refractivity contribution in [2.75, 3.05) is 12.4 Å². The number of aromatic nitrogens is 2. The first-order valence-corrected chi connectivity index (χ1v) is 8.11. The summed E-state index contributed by atoms with van der Waals surface area (Å²) < 4.78 is 4.72. The lowest BCUT2D eigenvalue weighted by Crippen LogP contribution is -2.17. The number of rotatable bonds is 5. The van der Waals surface area contributed by atoms with Crippen LogP contribution in [0.5, 0.6) is 0 Å². The van der Waals surface area contributed by atoms with Crippen LogP contribution in [0.1, 0.15) is 16.5 Å². The number of fused-ring (bicyclic) bond motifs is 1. The van der Waals surface area contributed by atoms with E-state index in [9.17, 15) is 10.1 Å². The molecule has 24 heavy (non-hydrogen) atoms. The smallest absolute Gasteiger partial charge is 0.329 e. The van der Waals surface area contributed by atoms with E-state index in [0.717, 1.165) is 4.88 Å². The van der Waals surface area contributed by atoms with Gasteiger partial charge in [0.05, 0.1) is 30.8 Å². The molecule has 0 aliphatic rings. The van der Waals surface area contributed by atoms with Crippen molar-refractivity contribution in [1.82, 2.24) is 9.97 Å². The van der Waals surface area contributed by atoms with Gasteiger partial charge in [-0.1, -0.05) is 18.2 Å². The van der Waals surface area contributed by atoms with Gasteiger partial charge in [0.25, 0.3) is 0 Å². The summed E-state index contributed by atoms with van der Waals surface area (Å²) in [5, 5.41) is 14.5. The van der Waals surface area contributed by atoms with Crippen LogP contribution in [0.25, 0.3) is 11.0 Å². The van der Waals surface area contributed by atoms with E-state index in [1.54, 1.807) is 17.4 Å². The number of nitrogens with one attached hydrogen (secondary N) is 1. The van der Waals surface area contributed by atoms with Crippen molar-refractivity contribution in [3.05, 3.63) is 52.3 Å². The molecule has 0 bridgehead atoms. The highest BCUT2D eigenvalue weighted by Crippen LogP contribution is 2.25. The Balaban J connectivity index is 2.04. The third-order valence-corrected chi connectivity index (χ3v) is 4.32. The molecule has 1 N–H and O–H groups in total. The first-order chi connectivity index (χ1) is 11.7. The molecule has 0 aliphatic heterocycles. The summed E-state index contributed by atoms with van der Waals surface area (Å²) in [5.41, 5.74) is 1.59. The highest BCUT2D eigenvalue weighted by Gasteiger charge is 2.27. The summed E-state index contributed by atoms with van der Waals surface area (Å²) in [7, 11) is 1.25. The zero-order chi connectivity index (χ0) is 16.9. The Bertz CT molecular complexity index is 903. The molecule has 0 saturated heterocycles. The Labute approximate surface area is 142 Å². The molecule has 0 spiro atoms. The predicted molar refractivity (Wildman–Crippen MR) is 91.6 cm³/mol. The highest BCUT2D eigenvalue weighted by atomic mass is 32.1. The number of nitriles is 1. The number of anilines is 1. The van der Waals surface area contributed by atoms with Crippen LogP contribution in [0.2, 0.25) is 0 Å². The second-order valence-corrected chi connectivity index (χ2v) is 6.00. The Hall–Kier alpha value is -2.98. The molecule has 1 unspecified atom stereocenters. The number of ether oxygens (including phenoxy) is 1. The van der Waals surface area contributed by atoms with E-state index in [0.29, 0.717) is 23.4 Å². The molecule has 3 rings (SSSR count). The Morgan fingerprint density at radius 3 is 2.67 bits per heavy atom. The molecule has 1 atom stereocenters. The van der Waals surface area contributed by atoms with Gasteiger partial charge in [-0.15, -0.1) is 11.3 Å². The van der Waals surface area contributed by atoms with Gasteiger partial charge in [-0.05, 0) is 23.6 Å². The molecule has 7 heteroatoms. The number of carbonyl (C=O) groups is 1. The van der Waals surface area contributed by atoms with E-state index >= 15 is 0 Å². The quantitative estimate of drug-likeness (QED) is 0.719. The van der Waals surface area contributed by atoms with Gasteiger partial charge in [-0.2, -0.15) is 5.26 Å². The van der Waals surface area contributed by atoms with Crippen LogP contribution < -0.4 is 5.32 Å². The van der Waals surface area contributed by atoms with Crippen LogP contribution >= 0.6 is 11.3 Å². The van der Waals surface area contributed by atoms with Crippen molar-refractivity contribution in [1.29, 1.82) is 5.26 Å². The molecule has 6 nitrogen and oxygen atoms in total. The maximum absolute atomic E-state index is 11.9. The average molecular weight is 338 g/mol. The SMILES string of the molecule is COC(=O)C(C#N)c1nc2ccccc2nc1NCc1cccs1. The normalized spacial score (nSPS) is 11.7.